The molecule has 1 aliphatic carbocycles. The Kier molecular flexibility index (Phi) is 5.53. The molecule has 124 valence electrons. The van der Waals surface area contributed by atoms with Crippen molar-refractivity contribution >= 4 is 17.7 Å². The van der Waals surface area contributed by atoms with Gasteiger partial charge in [-0.3, -0.25) is 14.4 Å². The molecule has 1 amide bonds. The van der Waals surface area contributed by atoms with Gasteiger partial charge in [-0.15, -0.1) is 0 Å². The Hall–Kier alpha value is -2.17. The van der Waals surface area contributed by atoms with Crippen molar-refractivity contribution in [1.82, 2.24) is 5.32 Å². The zero-order valence-corrected chi connectivity index (χ0v) is 13.8. The van der Waals surface area contributed by atoms with E-state index >= 15 is 0 Å². The number of Topliss-reactive ketones (excluding diaryl/α,β-unsaturated/α-hetero) is 1. The van der Waals surface area contributed by atoms with Gasteiger partial charge in [-0.1, -0.05) is 17.7 Å². The zero-order valence-electron chi connectivity index (χ0n) is 13.8. The molecule has 1 fully saturated rings. The van der Waals surface area contributed by atoms with E-state index in [1.807, 2.05) is 32.0 Å². The van der Waals surface area contributed by atoms with Gasteiger partial charge in [-0.05, 0) is 45.2 Å². The van der Waals surface area contributed by atoms with Gasteiger partial charge in [0.15, 0.2) is 11.9 Å². The second kappa shape index (κ2) is 7.40. The second-order valence-corrected chi connectivity index (χ2v) is 6.16. The Bertz CT molecular complexity index is 619. The van der Waals surface area contributed by atoms with Crippen LogP contribution < -0.4 is 5.32 Å². The van der Waals surface area contributed by atoms with Gasteiger partial charge in [0.05, 0.1) is 6.42 Å². The van der Waals surface area contributed by atoms with Crippen LogP contribution in [0, 0.1) is 13.8 Å². The van der Waals surface area contributed by atoms with Crippen molar-refractivity contribution in [3.8, 4) is 0 Å². The fraction of sp³-hybridized carbons (Fsp3) is 0.500. The van der Waals surface area contributed by atoms with Gasteiger partial charge < -0.3 is 10.1 Å². The summed E-state index contributed by atoms with van der Waals surface area (Å²) in [6.07, 6.45) is 1.21. The number of carbonyl (C=O) groups excluding carboxylic acids is 3. The van der Waals surface area contributed by atoms with Crippen LogP contribution in [-0.4, -0.2) is 29.8 Å². The molecule has 2 rings (SSSR count). The first-order valence-electron chi connectivity index (χ1n) is 7.97. The maximum absolute atomic E-state index is 12.2. The lowest BCUT2D eigenvalue weighted by Gasteiger charge is -2.13. The predicted molar refractivity (Wildman–Crippen MR) is 86.2 cm³/mol. The summed E-state index contributed by atoms with van der Waals surface area (Å²) in [6.45, 7) is 5.34. The third-order valence-corrected chi connectivity index (χ3v) is 3.85. The molecule has 0 unspecified atom stereocenters. The topological polar surface area (TPSA) is 72.5 Å². The predicted octanol–water partition coefficient (Wildman–Crippen LogP) is 2.48. The number of rotatable bonds is 7. The van der Waals surface area contributed by atoms with Crippen LogP contribution in [0.1, 0.15) is 54.1 Å². The van der Waals surface area contributed by atoms with E-state index in [-0.39, 0.29) is 30.6 Å². The largest absolute Gasteiger partial charge is 0.453 e. The summed E-state index contributed by atoms with van der Waals surface area (Å²) < 4.78 is 5.08. The fourth-order valence-corrected chi connectivity index (χ4v) is 2.24. The summed E-state index contributed by atoms with van der Waals surface area (Å²) in [5.74, 6) is -0.887. The van der Waals surface area contributed by atoms with Gasteiger partial charge in [0.25, 0.3) is 5.91 Å². The van der Waals surface area contributed by atoms with E-state index < -0.39 is 12.1 Å². The Labute approximate surface area is 136 Å². The van der Waals surface area contributed by atoms with E-state index in [4.69, 9.17) is 4.74 Å². The van der Waals surface area contributed by atoms with Gasteiger partial charge in [0.1, 0.15) is 0 Å². The Morgan fingerprint density at radius 3 is 2.57 bits per heavy atom. The average molecular weight is 317 g/mol. The molecule has 1 aromatic rings. The normalized spacial score (nSPS) is 14.9. The van der Waals surface area contributed by atoms with Crippen LogP contribution in [0.4, 0.5) is 0 Å². The summed E-state index contributed by atoms with van der Waals surface area (Å²) in [7, 11) is 0. The standard InChI is InChI=1S/C18H23NO4/c1-11-4-5-12(2)15(10-11)16(20)8-9-17(21)23-13(3)18(22)19-14-6-7-14/h4-5,10,13-14H,6-9H2,1-3H3,(H,19,22)/t13-/m1/s1. The van der Waals surface area contributed by atoms with Gasteiger partial charge in [-0.25, -0.2) is 0 Å². The molecule has 5 nitrogen and oxygen atoms in total. The molecule has 0 saturated heterocycles. The van der Waals surface area contributed by atoms with E-state index in [0.717, 1.165) is 24.0 Å². The SMILES string of the molecule is Cc1ccc(C)c(C(=O)CCC(=O)O[C@H](C)C(=O)NC2CC2)c1. The Balaban J connectivity index is 1.80. The number of ether oxygens (including phenoxy) is 1. The molecule has 1 aromatic carbocycles. The van der Waals surface area contributed by atoms with Crippen LogP contribution in [-0.2, 0) is 14.3 Å². The summed E-state index contributed by atoms with van der Waals surface area (Å²) in [5.41, 5.74) is 2.54. The minimum Gasteiger partial charge on any atom is -0.453 e. The molecule has 0 aliphatic heterocycles. The summed E-state index contributed by atoms with van der Waals surface area (Å²) in [4.78, 5) is 35.7. The number of benzene rings is 1. The molecule has 23 heavy (non-hydrogen) atoms. The molecule has 1 saturated carbocycles. The Morgan fingerprint density at radius 2 is 1.91 bits per heavy atom. The second-order valence-electron chi connectivity index (χ2n) is 6.16. The van der Waals surface area contributed by atoms with E-state index in [1.165, 1.54) is 0 Å². The first-order valence-corrected chi connectivity index (χ1v) is 7.97. The molecule has 1 aliphatic rings. The fourth-order valence-electron chi connectivity index (χ4n) is 2.24. The number of nitrogens with one attached hydrogen (secondary N) is 1. The van der Waals surface area contributed by atoms with Crippen molar-refractivity contribution in [2.75, 3.05) is 0 Å². The third-order valence-electron chi connectivity index (χ3n) is 3.85. The minimum absolute atomic E-state index is 0.0206. The van der Waals surface area contributed by atoms with Crippen LogP contribution in [0.2, 0.25) is 0 Å². The smallest absolute Gasteiger partial charge is 0.307 e. The molecule has 1 atom stereocenters. The lowest BCUT2D eigenvalue weighted by molar-refractivity contribution is -0.154. The number of carbonyl (C=O) groups is 3. The number of aryl methyl sites for hydroxylation is 2. The van der Waals surface area contributed by atoms with Gasteiger partial charge in [-0.2, -0.15) is 0 Å². The molecule has 1 N–H and O–H groups in total. The maximum atomic E-state index is 12.2. The lowest BCUT2D eigenvalue weighted by atomic mass is 9.99. The lowest BCUT2D eigenvalue weighted by Crippen LogP contribution is -2.37. The minimum atomic E-state index is -0.820. The number of ketones is 1. The molecule has 0 heterocycles. The quantitative estimate of drug-likeness (QED) is 0.619. The molecular formula is C18H23NO4. The van der Waals surface area contributed by atoms with Crippen LogP contribution in [0.3, 0.4) is 0 Å². The highest BCUT2D eigenvalue weighted by Gasteiger charge is 2.27. The first-order chi connectivity index (χ1) is 10.9. The first kappa shape index (κ1) is 17.2. The third kappa shape index (κ3) is 5.20. The maximum Gasteiger partial charge on any atom is 0.307 e. The van der Waals surface area contributed by atoms with Gasteiger partial charge in [0, 0.05) is 18.0 Å². The van der Waals surface area contributed by atoms with Gasteiger partial charge in [0.2, 0.25) is 0 Å². The van der Waals surface area contributed by atoms with Crippen molar-refractivity contribution in [2.24, 2.45) is 0 Å². The molecule has 0 radical (unpaired) electrons. The van der Waals surface area contributed by atoms with Crippen molar-refractivity contribution in [2.45, 2.75) is 58.6 Å². The molecule has 0 aromatic heterocycles. The molecule has 5 heteroatoms. The van der Waals surface area contributed by atoms with Crippen LogP contribution in [0.5, 0.6) is 0 Å². The summed E-state index contributed by atoms with van der Waals surface area (Å²) >= 11 is 0. The summed E-state index contributed by atoms with van der Waals surface area (Å²) in [5, 5.41) is 2.78. The summed E-state index contributed by atoms with van der Waals surface area (Å²) in [6, 6.07) is 5.90. The molecule has 0 spiro atoms. The highest BCUT2D eigenvalue weighted by Crippen LogP contribution is 2.19. The van der Waals surface area contributed by atoms with Crippen molar-refractivity contribution in [3.05, 3.63) is 34.9 Å². The molecule has 0 bridgehead atoms. The van der Waals surface area contributed by atoms with Crippen molar-refractivity contribution < 1.29 is 19.1 Å². The van der Waals surface area contributed by atoms with E-state index in [2.05, 4.69) is 5.32 Å². The van der Waals surface area contributed by atoms with Crippen LogP contribution in [0.15, 0.2) is 18.2 Å². The van der Waals surface area contributed by atoms with Crippen molar-refractivity contribution in [3.63, 3.8) is 0 Å². The van der Waals surface area contributed by atoms with E-state index in [1.54, 1.807) is 6.92 Å². The van der Waals surface area contributed by atoms with Gasteiger partial charge >= 0.3 is 5.97 Å². The van der Waals surface area contributed by atoms with Crippen LogP contribution >= 0.6 is 0 Å². The average Bonchev–Trinajstić information content (AvgIpc) is 3.31. The van der Waals surface area contributed by atoms with Crippen molar-refractivity contribution in [1.29, 1.82) is 0 Å². The van der Waals surface area contributed by atoms with E-state index in [0.29, 0.717) is 5.56 Å². The van der Waals surface area contributed by atoms with E-state index in [9.17, 15) is 14.4 Å². The zero-order chi connectivity index (χ0) is 17.0. The monoisotopic (exact) mass is 317 g/mol. The number of hydrogen-bond donors (Lipinski definition) is 1. The highest BCUT2D eigenvalue weighted by atomic mass is 16.5. The number of hydrogen-bond acceptors (Lipinski definition) is 4. The van der Waals surface area contributed by atoms with Crippen LogP contribution in [0.25, 0.3) is 0 Å². The number of amides is 1. The number of esters is 1. The highest BCUT2D eigenvalue weighted by molar-refractivity contribution is 5.99. The molecular weight excluding hydrogens is 294 g/mol. The Morgan fingerprint density at radius 1 is 1.22 bits per heavy atom.